The number of aromatic nitrogens is 3. The molecule has 1 aromatic rings. The van der Waals surface area contributed by atoms with Crippen molar-refractivity contribution in [2.24, 2.45) is 10.4 Å². The molecule has 2 fully saturated rings. The number of rotatable bonds is 7. The first-order valence-electron chi connectivity index (χ1n) is 11.3. The molecule has 2 N–H and O–H groups in total. The van der Waals surface area contributed by atoms with Gasteiger partial charge < -0.3 is 20.1 Å². The van der Waals surface area contributed by atoms with Crippen LogP contribution in [-0.2, 0) is 29.0 Å². The molecular formula is C21H36N6O2. The van der Waals surface area contributed by atoms with Crippen LogP contribution in [-0.4, -0.2) is 59.2 Å². The van der Waals surface area contributed by atoms with Gasteiger partial charge in [-0.1, -0.05) is 12.8 Å². The van der Waals surface area contributed by atoms with Gasteiger partial charge in [0.1, 0.15) is 12.4 Å². The van der Waals surface area contributed by atoms with Gasteiger partial charge in [-0.3, -0.25) is 4.99 Å². The highest BCUT2D eigenvalue weighted by Crippen LogP contribution is 2.54. The fraction of sp³-hybridized carbons (Fsp3) is 0.857. The summed E-state index contributed by atoms with van der Waals surface area (Å²) in [4.78, 5) is 9.32. The Hall–Kier alpha value is -1.67. The molecule has 0 aromatic carbocycles. The van der Waals surface area contributed by atoms with E-state index in [4.69, 9.17) is 14.5 Å². The van der Waals surface area contributed by atoms with Crippen LogP contribution in [0.2, 0.25) is 0 Å². The minimum Gasteiger partial charge on any atom is -0.378 e. The van der Waals surface area contributed by atoms with Crippen molar-refractivity contribution in [2.75, 3.05) is 20.3 Å². The molecule has 1 aliphatic heterocycles. The second-order valence-electron chi connectivity index (χ2n) is 8.58. The Morgan fingerprint density at radius 3 is 2.83 bits per heavy atom. The largest absolute Gasteiger partial charge is 0.378 e. The molecule has 3 unspecified atom stereocenters. The molecule has 29 heavy (non-hydrogen) atoms. The highest BCUT2D eigenvalue weighted by Gasteiger charge is 2.57. The van der Waals surface area contributed by atoms with Crippen LogP contribution in [0.1, 0.15) is 64.0 Å². The SMILES string of the molecule is CCN=C(NC1CCc2nc(COC)nn2C1)NC1CC(OCC)C12CCCC2. The number of hydrogen-bond acceptors (Lipinski definition) is 5. The van der Waals surface area contributed by atoms with Gasteiger partial charge in [0.2, 0.25) is 0 Å². The quantitative estimate of drug-likeness (QED) is 0.534. The zero-order valence-electron chi connectivity index (χ0n) is 18.1. The summed E-state index contributed by atoms with van der Waals surface area (Å²) in [5.74, 6) is 2.76. The summed E-state index contributed by atoms with van der Waals surface area (Å²) in [6.07, 6.45) is 8.61. The van der Waals surface area contributed by atoms with Gasteiger partial charge in [0.15, 0.2) is 11.8 Å². The van der Waals surface area contributed by atoms with Crippen LogP contribution in [0, 0.1) is 5.41 Å². The van der Waals surface area contributed by atoms with Crippen LogP contribution >= 0.6 is 0 Å². The number of nitrogens with one attached hydrogen (secondary N) is 2. The molecule has 8 nitrogen and oxygen atoms in total. The second-order valence-corrected chi connectivity index (χ2v) is 8.58. The lowest BCUT2D eigenvalue weighted by Crippen LogP contribution is -2.65. The molecule has 0 radical (unpaired) electrons. The fourth-order valence-electron chi connectivity index (χ4n) is 5.41. The number of methoxy groups -OCH3 is 1. The monoisotopic (exact) mass is 404 g/mol. The van der Waals surface area contributed by atoms with Crippen molar-refractivity contribution in [3.8, 4) is 0 Å². The average molecular weight is 405 g/mol. The summed E-state index contributed by atoms with van der Waals surface area (Å²) in [5.41, 5.74) is 0.299. The van der Waals surface area contributed by atoms with Gasteiger partial charge in [-0.2, -0.15) is 5.10 Å². The summed E-state index contributed by atoms with van der Waals surface area (Å²) in [6, 6.07) is 0.762. The predicted molar refractivity (Wildman–Crippen MR) is 112 cm³/mol. The maximum absolute atomic E-state index is 6.07. The number of aliphatic imine (C=N–C) groups is 1. The third-order valence-electron chi connectivity index (χ3n) is 6.83. The lowest BCUT2D eigenvalue weighted by molar-refractivity contribution is -0.125. The number of nitrogens with zero attached hydrogens (tertiary/aromatic N) is 4. The van der Waals surface area contributed by atoms with Crippen molar-refractivity contribution in [1.82, 2.24) is 25.4 Å². The van der Waals surface area contributed by atoms with Crippen LogP contribution < -0.4 is 10.6 Å². The van der Waals surface area contributed by atoms with Gasteiger partial charge >= 0.3 is 0 Å². The third-order valence-corrected chi connectivity index (χ3v) is 6.83. The molecule has 1 aromatic heterocycles. The number of ether oxygens (including phenoxy) is 2. The number of guanidine groups is 1. The second kappa shape index (κ2) is 9.00. The van der Waals surface area contributed by atoms with Gasteiger partial charge in [0, 0.05) is 44.2 Å². The lowest BCUT2D eigenvalue weighted by Gasteiger charge is -2.54. The van der Waals surface area contributed by atoms with E-state index in [1.807, 2.05) is 4.68 Å². The first-order chi connectivity index (χ1) is 14.2. The van der Waals surface area contributed by atoms with E-state index in [1.54, 1.807) is 7.11 Å². The first-order valence-corrected chi connectivity index (χ1v) is 11.3. The zero-order chi connectivity index (χ0) is 20.3. The molecule has 0 saturated heterocycles. The van der Waals surface area contributed by atoms with E-state index < -0.39 is 0 Å². The predicted octanol–water partition coefficient (Wildman–Crippen LogP) is 2.03. The van der Waals surface area contributed by atoms with Gasteiger partial charge in [0.05, 0.1) is 12.6 Å². The van der Waals surface area contributed by atoms with Crippen LogP contribution in [0.4, 0.5) is 0 Å². The molecule has 3 aliphatic rings. The summed E-state index contributed by atoms with van der Waals surface area (Å²) >= 11 is 0. The number of hydrogen-bond donors (Lipinski definition) is 2. The van der Waals surface area contributed by atoms with E-state index in [9.17, 15) is 0 Å². The van der Waals surface area contributed by atoms with E-state index >= 15 is 0 Å². The van der Waals surface area contributed by atoms with Crippen LogP contribution in [0.3, 0.4) is 0 Å². The van der Waals surface area contributed by atoms with E-state index in [1.165, 1.54) is 25.7 Å². The molecule has 2 heterocycles. The molecule has 3 atom stereocenters. The molecule has 162 valence electrons. The number of aryl methyl sites for hydroxylation is 1. The minimum absolute atomic E-state index is 0.299. The Balaban J connectivity index is 1.38. The molecule has 8 heteroatoms. The molecular weight excluding hydrogens is 368 g/mol. The van der Waals surface area contributed by atoms with Crippen molar-refractivity contribution in [2.45, 2.75) is 90.1 Å². The lowest BCUT2D eigenvalue weighted by atomic mass is 9.60. The van der Waals surface area contributed by atoms with E-state index in [2.05, 4.69) is 34.6 Å². The van der Waals surface area contributed by atoms with Gasteiger partial charge in [0.25, 0.3) is 0 Å². The molecule has 2 saturated carbocycles. The summed E-state index contributed by atoms with van der Waals surface area (Å²) < 4.78 is 13.3. The third kappa shape index (κ3) is 4.14. The maximum atomic E-state index is 6.07. The molecule has 0 amide bonds. The summed E-state index contributed by atoms with van der Waals surface area (Å²) in [6.45, 7) is 7.05. The Kier molecular flexibility index (Phi) is 6.39. The zero-order valence-corrected chi connectivity index (χ0v) is 18.1. The van der Waals surface area contributed by atoms with Crippen LogP contribution in [0.5, 0.6) is 0 Å². The van der Waals surface area contributed by atoms with Crippen molar-refractivity contribution < 1.29 is 9.47 Å². The minimum atomic E-state index is 0.299. The van der Waals surface area contributed by atoms with Crippen LogP contribution in [0.25, 0.3) is 0 Å². The van der Waals surface area contributed by atoms with E-state index in [0.29, 0.717) is 30.2 Å². The Morgan fingerprint density at radius 2 is 2.10 bits per heavy atom. The topological polar surface area (TPSA) is 85.6 Å². The van der Waals surface area contributed by atoms with Crippen LogP contribution in [0.15, 0.2) is 4.99 Å². The van der Waals surface area contributed by atoms with Gasteiger partial charge in [-0.25, -0.2) is 9.67 Å². The van der Waals surface area contributed by atoms with Gasteiger partial charge in [-0.15, -0.1) is 0 Å². The fourth-order valence-corrected chi connectivity index (χ4v) is 5.41. The van der Waals surface area contributed by atoms with Gasteiger partial charge in [-0.05, 0) is 39.5 Å². The molecule has 0 bridgehead atoms. The smallest absolute Gasteiger partial charge is 0.191 e. The van der Waals surface area contributed by atoms with Crippen molar-refractivity contribution in [1.29, 1.82) is 0 Å². The highest BCUT2D eigenvalue weighted by atomic mass is 16.5. The van der Waals surface area contributed by atoms with Crippen molar-refractivity contribution in [3.05, 3.63) is 11.6 Å². The molecule has 2 aliphatic carbocycles. The van der Waals surface area contributed by atoms with Crippen molar-refractivity contribution >= 4 is 5.96 Å². The first kappa shape index (κ1) is 20.6. The molecule has 4 rings (SSSR count). The Labute approximate surface area is 173 Å². The average Bonchev–Trinajstić information content (AvgIpc) is 3.36. The highest BCUT2D eigenvalue weighted by molar-refractivity contribution is 5.80. The van der Waals surface area contributed by atoms with Crippen molar-refractivity contribution in [3.63, 3.8) is 0 Å². The maximum Gasteiger partial charge on any atom is 0.191 e. The van der Waals surface area contributed by atoms with E-state index in [0.717, 1.165) is 56.6 Å². The number of fused-ring (bicyclic) bond motifs is 1. The summed E-state index contributed by atoms with van der Waals surface area (Å²) in [5, 5.41) is 12.0. The standard InChI is InChI=1S/C21H36N6O2/c1-4-22-20(24-16-12-17(29-5-2)21(16)10-6-7-11-21)23-15-8-9-19-25-18(14-28-3)26-27(19)13-15/h15-17H,4-14H2,1-3H3,(H2,22,23,24). The summed E-state index contributed by atoms with van der Waals surface area (Å²) in [7, 11) is 1.68. The van der Waals surface area contributed by atoms with E-state index in [-0.39, 0.29) is 0 Å². The molecule has 1 spiro atoms. The Morgan fingerprint density at radius 1 is 1.28 bits per heavy atom. The Bertz CT molecular complexity index is 712. The normalized spacial score (nSPS) is 28.2.